The van der Waals surface area contributed by atoms with Crippen molar-refractivity contribution in [1.82, 2.24) is 9.78 Å². The SMILES string of the molecule is CCn1nc(C)c(Br)c1CC1(O)CCOC(C)C1. The highest BCUT2D eigenvalue weighted by Gasteiger charge is 2.35. The minimum Gasteiger partial charge on any atom is -0.389 e. The normalized spacial score (nSPS) is 28.6. The fourth-order valence-electron chi connectivity index (χ4n) is 2.66. The third-order valence-electron chi connectivity index (χ3n) is 3.59. The summed E-state index contributed by atoms with van der Waals surface area (Å²) < 4.78 is 8.50. The standard InChI is InChI=1S/C13H21BrN2O2/c1-4-16-11(12(14)10(3)15-16)8-13(17)5-6-18-9(2)7-13/h9,17H,4-8H2,1-3H3. The van der Waals surface area contributed by atoms with E-state index in [1.807, 2.05) is 18.5 Å². The number of halogens is 1. The number of ether oxygens (including phenoxy) is 1. The zero-order chi connectivity index (χ0) is 13.3. The summed E-state index contributed by atoms with van der Waals surface area (Å²) in [5, 5.41) is 15.2. The van der Waals surface area contributed by atoms with Gasteiger partial charge in [0.05, 0.1) is 27.6 Å². The van der Waals surface area contributed by atoms with Crippen LogP contribution in [-0.2, 0) is 17.7 Å². The van der Waals surface area contributed by atoms with Crippen molar-refractivity contribution in [3.05, 3.63) is 15.9 Å². The number of aryl methyl sites for hydroxylation is 2. The van der Waals surface area contributed by atoms with Gasteiger partial charge >= 0.3 is 0 Å². The highest BCUT2D eigenvalue weighted by atomic mass is 79.9. The molecule has 1 fully saturated rings. The van der Waals surface area contributed by atoms with E-state index in [0.29, 0.717) is 25.9 Å². The van der Waals surface area contributed by atoms with Crippen molar-refractivity contribution >= 4 is 15.9 Å². The van der Waals surface area contributed by atoms with Gasteiger partial charge in [0, 0.05) is 26.0 Å². The second-order valence-corrected chi connectivity index (χ2v) is 5.99. The number of hydrogen-bond donors (Lipinski definition) is 1. The molecular formula is C13H21BrN2O2. The lowest BCUT2D eigenvalue weighted by atomic mass is 9.86. The van der Waals surface area contributed by atoms with Crippen molar-refractivity contribution < 1.29 is 9.84 Å². The Morgan fingerprint density at radius 2 is 2.33 bits per heavy atom. The minimum atomic E-state index is -0.667. The zero-order valence-electron chi connectivity index (χ0n) is 11.2. The lowest BCUT2D eigenvalue weighted by molar-refractivity contribution is -0.0969. The molecular weight excluding hydrogens is 296 g/mol. The molecule has 0 amide bonds. The first kappa shape index (κ1) is 14.0. The molecule has 0 radical (unpaired) electrons. The maximum absolute atomic E-state index is 10.7. The van der Waals surface area contributed by atoms with Gasteiger partial charge in [0.2, 0.25) is 0 Å². The average Bonchev–Trinajstić information content (AvgIpc) is 2.56. The third-order valence-corrected chi connectivity index (χ3v) is 4.62. The molecule has 2 rings (SSSR count). The van der Waals surface area contributed by atoms with Gasteiger partial charge in [-0.1, -0.05) is 0 Å². The largest absolute Gasteiger partial charge is 0.389 e. The Balaban J connectivity index is 2.22. The van der Waals surface area contributed by atoms with E-state index in [1.54, 1.807) is 0 Å². The summed E-state index contributed by atoms with van der Waals surface area (Å²) in [5.41, 5.74) is 1.40. The van der Waals surface area contributed by atoms with Gasteiger partial charge in [-0.05, 0) is 43.1 Å². The third kappa shape index (κ3) is 2.78. The second kappa shape index (κ2) is 5.31. The van der Waals surface area contributed by atoms with Crippen LogP contribution in [0.25, 0.3) is 0 Å². The molecule has 0 saturated carbocycles. The molecule has 1 N–H and O–H groups in total. The van der Waals surface area contributed by atoms with E-state index in [4.69, 9.17) is 4.74 Å². The lowest BCUT2D eigenvalue weighted by Crippen LogP contribution is -2.42. The van der Waals surface area contributed by atoms with Crippen LogP contribution in [0.2, 0.25) is 0 Å². The smallest absolute Gasteiger partial charge is 0.0749 e. The maximum atomic E-state index is 10.7. The minimum absolute atomic E-state index is 0.127. The quantitative estimate of drug-likeness (QED) is 0.931. The summed E-state index contributed by atoms with van der Waals surface area (Å²) in [5.74, 6) is 0. The fraction of sp³-hybridized carbons (Fsp3) is 0.769. The molecule has 2 unspecified atom stereocenters. The summed E-state index contributed by atoms with van der Waals surface area (Å²) >= 11 is 3.58. The predicted molar refractivity (Wildman–Crippen MR) is 73.6 cm³/mol. The number of hydrogen-bond acceptors (Lipinski definition) is 3. The first-order valence-electron chi connectivity index (χ1n) is 6.51. The summed E-state index contributed by atoms with van der Waals surface area (Å²) in [7, 11) is 0. The molecule has 0 aromatic carbocycles. The van der Waals surface area contributed by atoms with Crippen LogP contribution in [0.5, 0.6) is 0 Å². The molecule has 5 heteroatoms. The summed E-state index contributed by atoms with van der Waals surface area (Å²) in [4.78, 5) is 0. The van der Waals surface area contributed by atoms with Gasteiger partial charge in [-0.25, -0.2) is 0 Å². The Bertz CT molecular complexity index is 433. The monoisotopic (exact) mass is 316 g/mol. The maximum Gasteiger partial charge on any atom is 0.0749 e. The van der Waals surface area contributed by atoms with E-state index in [0.717, 1.165) is 22.4 Å². The van der Waals surface area contributed by atoms with E-state index in [1.165, 1.54) is 0 Å². The van der Waals surface area contributed by atoms with Crippen LogP contribution in [0.1, 0.15) is 38.1 Å². The second-order valence-electron chi connectivity index (χ2n) is 5.20. The fourth-order valence-corrected chi connectivity index (χ4v) is 3.08. The van der Waals surface area contributed by atoms with Crippen LogP contribution in [0.15, 0.2) is 4.47 Å². The van der Waals surface area contributed by atoms with Crippen LogP contribution in [0.4, 0.5) is 0 Å². The molecule has 1 aromatic rings. The van der Waals surface area contributed by atoms with Crippen LogP contribution in [-0.4, -0.2) is 33.2 Å². The van der Waals surface area contributed by atoms with Gasteiger partial charge in [0.25, 0.3) is 0 Å². The van der Waals surface area contributed by atoms with Crippen molar-refractivity contribution in [3.63, 3.8) is 0 Å². The Morgan fingerprint density at radius 3 is 2.94 bits per heavy atom. The predicted octanol–water partition coefficient (Wildman–Crippen LogP) is 2.45. The van der Waals surface area contributed by atoms with Gasteiger partial charge in [-0.15, -0.1) is 0 Å². The van der Waals surface area contributed by atoms with Crippen molar-refractivity contribution in [2.75, 3.05) is 6.61 Å². The zero-order valence-corrected chi connectivity index (χ0v) is 12.8. The number of aliphatic hydroxyl groups is 1. The molecule has 0 bridgehead atoms. The average molecular weight is 317 g/mol. The highest BCUT2D eigenvalue weighted by molar-refractivity contribution is 9.10. The highest BCUT2D eigenvalue weighted by Crippen LogP contribution is 2.32. The Kier molecular flexibility index (Phi) is 4.14. The number of nitrogens with zero attached hydrogens (tertiary/aromatic N) is 2. The van der Waals surface area contributed by atoms with Gasteiger partial charge < -0.3 is 9.84 Å². The molecule has 2 atom stereocenters. The van der Waals surface area contributed by atoms with Crippen LogP contribution >= 0.6 is 15.9 Å². The van der Waals surface area contributed by atoms with Crippen molar-refractivity contribution in [3.8, 4) is 0 Å². The van der Waals surface area contributed by atoms with E-state index in [2.05, 4.69) is 28.0 Å². The number of rotatable bonds is 3. The number of aromatic nitrogens is 2. The van der Waals surface area contributed by atoms with Gasteiger partial charge in [0.1, 0.15) is 0 Å². The molecule has 1 aromatic heterocycles. The summed E-state index contributed by atoms with van der Waals surface area (Å²) in [6, 6.07) is 0. The van der Waals surface area contributed by atoms with Gasteiger partial charge in [-0.2, -0.15) is 5.10 Å². The van der Waals surface area contributed by atoms with E-state index < -0.39 is 5.60 Å². The van der Waals surface area contributed by atoms with Gasteiger partial charge in [-0.3, -0.25) is 4.68 Å². The first-order valence-corrected chi connectivity index (χ1v) is 7.30. The van der Waals surface area contributed by atoms with E-state index in [9.17, 15) is 5.11 Å². The molecule has 1 aliphatic heterocycles. The summed E-state index contributed by atoms with van der Waals surface area (Å²) in [6.45, 7) is 7.52. The van der Waals surface area contributed by atoms with Crippen molar-refractivity contribution in [1.29, 1.82) is 0 Å². The van der Waals surface area contributed by atoms with Gasteiger partial charge in [0.15, 0.2) is 0 Å². The molecule has 1 aliphatic rings. The van der Waals surface area contributed by atoms with Crippen LogP contribution in [0, 0.1) is 6.92 Å². The lowest BCUT2D eigenvalue weighted by Gasteiger charge is -2.35. The summed E-state index contributed by atoms with van der Waals surface area (Å²) in [6.07, 6.45) is 2.14. The Morgan fingerprint density at radius 1 is 1.61 bits per heavy atom. The molecule has 0 aliphatic carbocycles. The molecule has 18 heavy (non-hydrogen) atoms. The molecule has 0 spiro atoms. The topological polar surface area (TPSA) is 47.3 Å². The van der Waals surface area contributed by atoms with E-state index in [-0.39, 0.29) is 6.10 Å². The first-order chi connectivity index (χ1) is 8.45. The molecule has 4 nitrogen and oxygen atoms in total. The Hall–Kier alpha value is -0.390. The van der Waals surface area contributed by atoms with Crippen molar-refractivity contribution in [2.45, 2.75) is 58.3 Å². The van der Waals surface area contributed by atoms with Crippen molar-refractivity contribution in [2.24, 2.45) is 0 Å². The molecule has 102 valence electrons. The van der Waals surface area contributed by atoms with E-state index >= 15 is 0 Å². The molecule has 2 heterocycles. The molecule has 1 saturated heterocycles. The Labute approximate surface area is 116 Å². The van der Waals surface area contributed by atoms with Crippen LogP contribution in [0.3, 0.4) is 0 Å². The van der Waals surface area contributed by atoms with Crippen LogP contribution < -0.4 is 0 Å².